The lowest BCUT2D eigenvalue weighted by Gasteiger charge is -2.26. The Morgan fingerprint density at radius 3 is 2.52 bits per heavy atom. The summed E-state index contributed by atoms with van der Waals surface area (Å²) in [4.78, 5) is 14.5. The van der Waals surface area contributed by atoms with Crippen molar-refractivity contribution in [3.05, 3.63) is 23.7 Å². The van der Waals surface area contributed by atoms with Gasteiger partial charge in [-0.05, 0) is 57.8 Å². The minimum absolute atomic E-state index is 0.0330. The predicted octanol–water partition coefficient (Wildman–Crippen LogP) is 2.20. The molecule has 1 amide bonds. The topological polar surface area (TPSA) is 79.6 Å². The molecule has 0 bridgehead atoms. The van der Waals surface area contributed by atoms with Crippen LogP contribution in [0.25, 0.3) is 0 Å². The van der Waals surface area contributed by atoms with E-state index in [-0.39, 0.29) is 11.3 Å². The Morgan fingerprint density at radius 1 is 1.24 bits per heavy atom. The van der Waals surface area contributed by atoms with Gasteiger partial charge in [0.25, 0.3) is 0 Å². The van der Waals surface area contributed by atoms with Crippen LogP contribution in [0.1, 0.15) is 56.1 Å². The van der Waals surface area contributed by atoms with Crippen LogP contribution < -0.4 is 5.32 Å². The molecule has 25 heavy (non-hydrogen) atoms. The second kappa shape index (κ2) is 7.91. The van der Waals surface area contributed by atoms with Crippen LogP contribution in [-0.2, 0) is 14.6 Å². The minimum Gasteiger partial charge on any atom is -0.465 e. The van der Waals surface area contributed by atoms with Crippen LogP contribution in [0.2, 0.25) is 0 Å². The van der Waals surface area contributed by atoms with Crippen LogP contribution in [0.4, 0.5) is 0 Å². The number of hydrogen-bond donors (Lipinski definition) is 1. The summed E-state index contributed by atoms with van der Waals surface area (Å²) in [5.41, 5.74) is 0. The first-order chi connectivity index (χ1) is 12.0. The fraction of sp³-hybridized carbons (Fsp3) is 0.722. The van der Waals surface area contributed by atoms with Crippen molar-refractivity contribution in [3.8, 4) is 0 Å². The molecule has 1 aromatic rings. The molecule has 1 N–H and O–H groups in total. The Hall–Kier alpha value is -1.34. The van der Waals surface area contributed by atoms with Gasteiger partial charge in [0.05, 0.1) is 11.3 Å². The molecule has 1 saturated carbocycles. The van der Waals surface area contributed by atoms with Crippen molar-refractivity contribution in [3.63, 3.8) is 0 Å². The van der Waals surface area contributed by atoms with E-state index < -0.39 is 21.5 Å². The van der Waals surface area contributed by atoms with Crippen molar-refractivity contribution in [1.82, 2.24) is 10.2 Å². The third-order valence-electron chi connectivity index (χ3n) is 5.31. The van der Waals surface area contributed by atoms with Gasteiger partial charge in [-0.2, -0.15) is 0 Å². The van der Waals surface area contributed by atoms with Gasteiger partial charge in [0.1, 0.15) is 17.3 Å². The van der Waals surface area contributed by atoms with E-state index in [2.05, 4.69) is 10.2 Å². The molecule has 140 valence electrons. The maximum absolute atomic E-state index is 12.3. The van der Waals surface area contributed by atoms with Crippen LogP contribution in [-0.4, -0.2) is 49.9 Å². The van der Waals surface area contributed by atoms with Crippen molar-refractivity contribution >= 4 is 15.7 Å². The molecular weight excluding hydrogens is 340 g/mol. The number of furan rings is 1. The monoisotopic (exact) mass is 368 g/mol. The van der Waals surface area contributed by atoms with Gasteiger partial charge in [0.15, 0.2) is 9.84 Å². The molecule has 0 aromatic carbocycles. The molecule has 1 aliphatic carbocycles. The molecule has 2 heterocycles. The lowest BCUT2D eigenvalue weighted by Crippen LogP contribution is -2.40. The van der Waals surface area contributed by atoms with Crippen LogP contribution in [0, 0.1) is 6.92 Å². The van der Waals surface area contributed by atoms with Crippen molar-refractivity contribution in [2.24, 2.45) is 0 Å². The molecular formula is C18H28N2O4S. The Bertz CT molecular complexity index is 686. The van der Waals surface area contributed by atoms with Crippen LogP contribution in [0.5, 0.6) is 0 Å². The number of carbonyl (C=O) groups is 1. The molecule has 2 aliphatic rings. The Balaban J connectivity index is 1.59. The number of sulfone groups is 1. The highest BCUT2D eigenvalue weighted by Gasteiger charge is 2.31. The van der Waals surface area contributed by atoms with Crippen molar-refractivity contribution in [2.75, 3.05) is 25.4 Å². The standard InChI is InChI=1S/C18H28N2O4S/c1-14-8-9-17(24-14)16(20-10-4-5-11-20)12-19-18(21)13-25(22,23)15-6-2-3-7-15/h8-9,15-16H,2-7,10-13H2,1H3,(H,19,21). The molecule has 0 spiro atoms. The molecule has 1 saturated heterocycles. The summed E-state index contributed by atoms with van der Waals surface area (Å²) in [6.45, 7) is 4.23. The highest BCUT2D eigenvalue weighted by Crippen LogP contribution is 2.27. The molecule has 6 nitrogen and oxygen atoms in total. The molecule has 3 rings (SSSR count). The van der Waals surface area contributed by atoms with E-state index in [0.29, 0.717) is 19.4 Å². The zero-order valence-electron chi connectivity index (χ0n) is 14.9. The minimum atomic E-state index is -3.34. The van der Waals surface area contributed by atoms with Gasteiger partial charge in [-0.25, -0.2) is 8.42 Å². The van der Waals surface area contributed by atoms with Gasteiger partial charge in [-0.3, -0.25) is 9.69 Å². The molecule has 1 unspecified atom stereocenters. The Labute approximate surface area is 149 Å². The first kappa shape index (κ1) is 18.5. The average Bonchev–Trinajstić information content (AvgIpc) is 3.30. The van der Waals surface area contributed by atoms with E-state index in [1.54, 1.807) is 0 Å². The number of nitrogens with one attached hydrogen (secondary N) is 1. The van der Waals surface area contributed by atoms with Gasteiger partial charge < -0.3 is 9.73 Å². The number of nitrogens with zero attached hydrogens (tertiary/aromatic N) is 1. The summed E-state index contributed by atoms with van der Waals surface area (Å²) in [5, 5.41) is 2.49. The first-order valence-electron chi connectivity index (χ1n) is 9.24. The summed E-state index contributed by atoms with van der Waals surface area (Å²) in [7, 11) is -3.34. The number of likely N-dealkylation sites (tertiary alicyclic amines) is 1. The molecule has 1 aliphatic heterocycles. The molecule has 0 radical (unpaired) electrons. The van der Waals surface area contributed by atoms with Crippen LogP contribution in [0.3, 0.4) is 0 Å². The summed E-state index contributed by atoms with van der Waals surface area (Å²) >= 11 is 0. The van der Waals surface area contributed by atoms with E-state index in [1.165, 1.54) is 0 Å². The number of hydrogen-bond acceptors (Lipinski definition) is 5. The summed E-state index contributed by atoms with van der Waals surface area (Å²) < 4.78 is 30.4. The molecule has 2 fully saturated rings. The van der Waals surface area contributed by atoms with Gasteiger partial charge >= 0.3 is 0 Å². The number of rotatable bonds is 7. The number of aryl methyl sites for hydroxylation is 1. The third kappa shape index (κ3) is 4.64. The zero-order valence-corrected chi connectivity index (χ0v) is 15.7. The lowest BCUT2D eigenvalue weighted by atomic mass is 10.2. The van der Waals surface area contributed by atoms with Crippen LogP contribution in [0.15, 0.2) is 16.5 Å². The average molecular weight is 368 g/mol. The predicted molar refractivity (Wildman–Crippen MR) is 96.0 cm³/mol. The third-order valence-corrected chi connectivity index (χ3v) is 7.46. The highest BCUT2D eigenvalue weighted by atomic mass is 32.2. The summed E-state index contributed by atoms with van der Waals surface area (Å²) in [5.74, 6) is 0.869. The second-order valence-corrected chi connectivity index (χ2v) is 9.51. The normalized spacial score (nSPS) is 20.8. The zero-order chi connectivity index (χ0) is 17.9. The smallest absolute Gasteiger partial charge is 0.235 e. The maximum atomic E-state index is 12.3. The van der Waals surface area contributed by atoms with Gasteiger partial charge in [-0.1, -0.05) is 12.8 Å². The summed E-state index contributed by atoms with van der Waals surface area (Å²) in [6, 6.07) is 3.83. The number of carbonyl (C=O) groups excluding carboxylic acids is 1. The van der Waals surface area contributed by atoms with E-state index in [0.717, 1.165) is 50.3 Å². The Morgan fingerprint density at radius 2 is 1.92 bits per heavy atom. The molecule has 7 heteroatoms. The van der Waals surface area contributed by atoms with Crippen molar-refractivity contribution < 1.29 is 17.6 Å². The van der Waals surface area contributed by atoms with Crippen molar-refractivity contribution in [1.29, 1.82) is 0 Å². The van der Waals surface area contributed by atoms with E-state index in [1.807, 2.05) is 19.1 Å². The second-order valence-electron chi connectivity index (χ2n) is 7.23. The first-order valence-corrected chi connectivity index (χ1v) is 11.0. The van der Waals surface area contributed by atoms with Crippen LogP contribution >= 0.6 is 0 Å². The fourth-order valence-electron chi connectivity index (χ4n) is 3.91. The van der Waals surface area contributed by atoms with Gasteiger partial charge in [0, 0.05) is 6.54 Å². The fourth-order valence-corrected chi connectivity index (χ4v) is 5.66. The van der Waals surface area contributed by atoms with E-state index in [9.17, 15) is 13.2 Å². The van der Waals surface area contributed by atoms with Crippen molar-refractivity contribution in [2.45, 2.75) is 56.7 Å². The quantitative estimate of drug-likeness (QED) is 0.798. The van der Waals surface area contributed by atoms with E-state index in [4.69, 9.17) is 4.42 Å². The SMILES string of the molecule is Cc1ccc(C(CNC(=O)CS(=O)(=O)C2CCCC2)N2CCCC2)o1. The Kier molecular flexibility index (Phi) is 5.84. The number of amides is 1. The largest absolute Gasteiger partial charge is 0.465 e. The van der Waals surface area contributed by atoms with E-state index >= 15 is 0 Å². The summed E-state index contributed by atoms with van der Waals surface area (Å²) in [6.07, 6.45) is 5.55. The van der Waals surface area contributed by atoms with Gasteiger partial charge in [-0.15, -0.1) is 0 Å². The maximum Gasteiger partial charge on any atom is 0.235 e. The molecule has 1 atom stereocenters. The highest BCUT2D eigenvalue weighted by molar-refractivity contribution is 7.92. The van der Waals surface area contributed by atoms with Gasteiger partial charge in [0.2, 0.25) is 5.91 Å². The molecule has 1 aromatic heterocycles. The lowest BCUT2D eigenvalue weighted by molar-refractivity contribution is -0.118.